The molecular formula is C14H29N3O6. The Morgan fingerprint density at radius 1 is 1.00 bits per heavy atom. The van der Waals surface area contributed by atoms with Crippen LogP contribution in [0.5, 0.6) is 0 Å². The van der Waals surface area contributed by atoms with Gasteiger partial charge in [-0.15, -0.1) is 0 Å². The molecule has 1 saturated heterocycles. The van der Waals surface area contributed by atoms with Crippen LogP contribution in [0, 0.1) is 0 Å². The Morgan fingerprint density at radius 2 is 1.52 bits per heavy atom. The third kappa shape index (κ3) is 6.68. The van der Waals surface area contributed by atoms with Crippen LogP contribution in [0.15, 0.2) is 0 Å². The van der Waals surface area contributed by atoms with E-state index in [-0.39, 0.29) is 19.0 Å². The van der Waals surface area contributed by atoms with Crippen LogP contribution in [0.4, 0.5) is 0 Å². The van der Waals surface area contributed by atoms with Gasteiger partial charge in [0.1, 0.15) is 18.3 Å². The topological polar surface area (TPSA) is 137 Å². The molecule has 1 aliphatic rings. The van der Waals surface area contributed by atoms with Gasteiger partial charge in [0.05, 0.1) is 19.3 Å². The molecule has 0 aromatic carbocycles. The van der Waals surface area contributed by atoms with Gasteiger partial charge in [0.25, 0.3) is 0 Å². The minimum atomic E-state index is -1.69. The fraction of sp³-hybridized carbons (Fsp3) is 0.929. The average Bonchev–Trinajstić information content (AvgIpc) is 2.58. The SMILES string of the molecule is CCN1CCN(CC(=O)NC[C@H](O)[C@@H](O)[C@H](O)[C@H](O)CO)CC1. The molecule has 0 aliphatic carbocycles. The van der Waals surface area contributed by atoms with Crippen LogP contribution < -0.4 is 5.32 Å². The van der Waals surface area contributed by atoms with Crippen molar-refractivity contribution in [3.8, 4) is 0 Å². The summed E-state index contributed by atoms with van der Waals surface area (Å²) >= 11 is 0. The third-order valence-corrected chi connectivity index (χ3v) is 4.11. The molecule has 6 N–H and O–H groups in total. The standard InChI is InChI=1S/C14H29N3O6/c1-2-16-3-5-17(6-4-16)8-12(21)15-7-10(19)13(22)14(23)11(20)9-18/h10-11,13-14,18-20,22-23H,2-9H2,1H3,(H,15,21)/t10-,11+,13+,14+/m0/s1. The number of hydrogen-bond donors (Lipinski definition) is 6. The van der Waals surface area contributed by atoms with E-state index in [1.807, 2.05) is 4.90 Å². The third-order valence-electron chi connectivity index (χ3n) is 4.11. The maximum absolute atomic E-state index is 11.8. The Hall–Kier alpha value is -0.810. The molecule has 1 rings (SSSR count). The first-order valence-corrected chi connectivity index (χ1v) is 7.93. The molecule has 0 bridgehead atoms. The first-order valence-electron chi connectivity index (χ1n) is 7.93. The van der Waals surface area contributed by atoms with Gasteiger partial charge < -0.3 is 35.7 Å². The predicted octanol–water partition coefficient (Wildman–Crippen LogP) is -3.82. The lowest BCUT2D eigenvalue weighted by molar-refractivity contribution is -0.127. The fourth-order valence-electron chi connectivity index (χ4n) is 2.42. The summed E-state index contributed by atoms with van der Waals surface area (Å²) in [6.07, 6.45) is -6.34. The van der Waals surface area contributed by atoms with Gasteiger partial charge in [-0.1, -0.05) is 6.92 Å². The van der Waals surface area contributed by atoms with Crippen molar-refractivity contribution >= 4 is 5.91 Å². The zero-order valence-electron chi connectivity index (χ0n) is 13.5. The van der Waals surface area contributed by atoms with Gasteiger partial charge in [-0.05, 0) is 6.54 Å². The predicted molar refractivity (Wildman–Crippen MR) is 82.7 cm³/mol. The molecule has 0 saturated carbocycles. The smallest absolute Gasteiger partial charge is 0.234 e. The molecule has 136 valence electrons. The van der Waals surface area contributed by atoms with Gasteiger partial charge in [-0.2, -0.15) is 0 Å². The van der Waals surface area contributed by atoms with E-state index in [1.165, 1.54) is 0 Å². The van der Waals surface area contributed by atoms with Crippen LogP contribution in [-0.2, 0) is 4.79 Å². The van der Waals surface area contributed by atoms with E-state index >= 15 is 0 Å². The first-order chi connectivity index (χ1) is 10.9. The number of nitrogens with one attached hydrogen (secondary N) is 1. The molecule has 23 heavy (non-hydrogen) atoms. The van der Waals surface area contributed by atoms with Crippen LogP contribution in [0.25, 0.3) is 0 Å². The second-order valence-corrected chi connectivity index (χ2v) is 5.81. The Balaban J connectivity index is 2.27. The second kappa shape index (κ2) is 10.1. The molecule has 0 unspecified atom stereocenters. The molecule has 0 aromatic rings. The summed E-state index contributed by atoms with van der Waals surface area (Å²) in [5.41, 5.74) is 0. The number of nitrogens with zero attached hydrogens (tertiary/aromatic N) is 2. The lowest BCUT2D eigenvalue weighted by Crippen LogP contribution is -2.52. The molecule has 0 spiro atoms. The van der Waals surface area contributed by atoms with Gasteiger partial charge in [-0.25, -0.2) is 0 Å². The Bertz CT molecular complexity index is 351. The number of rotatable bonds is 9. The fourth-order valence-corrected chi connectivity index (χ4v) is 2.42. The van der Waals surface area contributed by atoms with Crippen molar-refractivity contribution in [3.05, 3.63) is 0 Å². The number of amides is 1. The average molecular weight is 335 g/mol. The second-order valence-electron chi connectivity index (χ2n) is 5.81. The minimum Gasteiger partial charge on any atom is -0.394 e. The van der Waals surface area contributed by atoms with Crippen LogP contribution >= 0.6 is 0 Å². The molecule has 0 radical (unpaired) electrons. The van der Waals surface area contributed by atoms with Crippen molar-refractivity contribution in [2.45, 2.75) is 31.3 Å². The Labute approximate surface area is 136 Å². The highest BCUT2D eigenvalue weighted by molar-refractivity contribution is 5.78. The summed E-state index contributed by atoms with van der Waals surface area (Å²) in [5, 5.41) is 49.2. The van der Waals surface area contributed by atoms with E-state index in [4.69, 9.17) is 5.11 Å². The summed E-state index contributed by atoms with van der Waals surface area (Å²) in [5.74, 6) is -0.279. The van der Waals surface area contributed by atoms with Crippen molar-refractivity contribution < 1.29 is 30.3 Å². The van der Waals surface area contributed by atoms with E-state index in [2.05, 4.69) is 17.1 Å². The maximum atomic E-state index is 11.8. The normalized spacial score (nSPS) is 22.3. The Kier molecular flexibility index (Phi) is 8.92. The van der Waals surface area contributed by atoms with Crippen molar-refractivity contribution in [1.29, 1.82) is 0 Å². The number of carbonyl (C=O) groups is 1. The largest absolute Gasteiger partial charge is 0.394 e. The van der Waals surface area contributed by atoms with E-state index in [0.29, 0.717) is 0 Å². The van der Waals surface area contributed by atoms with Crippen molar-refractivity contribution in [2.24, 2.45) is 0 Å². The summed E-state index contributed by atoms with van der Waals surface area (Å²) in [4.78, 5) is 16.1. The number of aliphatic hydroxyl groups is 5. The highest BCUT2D eigenvalue weighted by atomic mass is 16.4. The van der Waals surface area contributed by atoms with Crippen molar-refractivity contribution in [1.82, 2.24) is 15.1 Å². The maximum Gasteiger partial charge on any atom is 0.234 e. The van der Waals surface area contributed by atoms with Gasteiger partial charge in [-0.3, -0.25) is 9.69 Å². The highest BCUT2D eigenvalue weighted by Gasteiger charge is 2.30. The highest BCUT2D eigenvalue weighted by Crippen LogP contribution is 2.05. The van der Waals surface area contributed by atoms with E-state index < -0.39 is 31.0 Å². The number of piperazine rings is 1. The van der Waals surface area contributed by atoms with Gasteiger partial charge >= 0.3 is 0 Å². The van der Waals surface area contributed by atoms with Gasteiger partial charge in [0, 0.05) is 32.7 Å². The molecule has 1 fully saturated rings. The molecule has 1 heterocycles. The zero-order valence-corrected chi connectivity index (χ0v) is 13.5. The van der Waals surface area contributed by atoms with Gasteiger partial charge in [0.15, 0.2) is 0 Å². The van der Waals surface area contributed by atoms with Gasteiger partial charge in [0.2, 0.25) is 5.91 Å². The lowest BCUT2D eigenvalue weighted by atomic mass is 10.0. The summed E-state index contributed by atoms with van der Waals surface area (Å²) in [7, 11) is 0. The van der Waals surface area contributed by atoms with E-state index in [0.717, 1.165) is 32.7 Å². The minimum absolute atomic E-state index is 0.211. The van der Waals surface area contributed by atoms with E-state index in [9.17, 15) is 25.2 Å². The van der Waals surface area contributed by atoms with Crippen LogP contribution in [-0.4, -0.2) is 118 Å². The molecule has 0 aromatic heterocycles. The molecule has 9 nitrogen and oxygen atoms in total. The summed E-state index contributed by atoms with van der Waals surface area (Å²) in [6, 6.07) is 0. The quantitative estimate of drug-likeness (QED) is 0.252. The van der Waals surface area contributed by atoms with Crippen LogP contribution in [0.2, 0.25) is 0 Å². The summed E-state index contributed by atoms with van der Waals surface area (Å²) < 4.78 is 0. The Morgan fingerprint density at radius 3 is 2.04 bits per heavy atom. The zero-order chi connectivity index (χ0) is 17.4. The van der Waals surface area contributed by atoms with Crippen LogP contribution in [0.1, 0.15) is 6.92 Å². The molecule has 4 atom stereocenters. The number of aliphatic hydroxyl groups excluding tert-OH is 5. The molecule has 9 heteroatoms. The van der Waals surface area contributed by atoms with Crippen LogP contribution in [0.3, 0.4) is 0 Å². The van der Waals surface area contributed by atoms with Crippen molar-refractivity contribution in [2.75, 3.05) is 52.4 Å². The lowest BCUT2D eigenvalue weighted by Gasteiger charge is -2.33. The number of hydrogen-bond acceptors (Lipinski definition) is 8. The molecular weight excluding hydrogens is 306 g/mol. The van der Waals surface area contributed by atoms with E-state index in [1.54, 1.807) is 0 Å². The first kappa shape index (κ1) is 20.2. The number of likely N-dealkylation sites (N-methyl/N-ethyl adjacent to an activating group) is 1. The monoisotopic (exact) mass is 335 g/mol. The van der Waals surface area contributed by atoms with Crippen molar-refractivity contribution in [3.63, 3.8) is 0 Å². The number of carbonyl (C=O) groups excluding carboxylic acids is 1. The molecule has 1 aliphatic heterocycles. The molecule has 1 amide bonds. The summed E-state index contributed by atoms with van der Waals surface area (Å²) in [6.45, 7) is 5.74.